The highest BCUT2D eigenvalue weighted by atomic mass is 28.2. The van der Waals surface area contributed by atoms with E-state index in [0.717, 1.165) is 77.0 Å². The van der Waals surface area contributed by atoms with Gasteiger partial charge in [0.2, 0.25) is 0 Å². The van der Waals surface area contributed by atoms with Crippen molar-refractivity contribution in [2.75, 3.05) is 0 Å². The molecule has 0 aromatic carbocycles. The third kappa shape index (κ3) is 18.9. The molecule has 6 nitrogen and oxygen atoms in total. The lowest BCUT2D eigenvalue weighted by atomic mass is 9.89. The highest BCUT2D eigenvalue weighted by Gasteiger charge is 2.24. The van der Waals surface area contributed by atoms with E-state index in [-0.39, 0.29) is 0 Å². The zero-order chi connectivity index (χ0) is 40.6. The van der Waals surface area contributed by atoms with Gasteiger partial charge in [-0.15, -0.1) is 39.5 Å². The minimum Gasteiger partial charge on any atom is -0.249 e. The number of aromatic nitrogens is 3. The molecule has 1 aromatic rings. The Hall–Kier alpha value is -2.50. The Kier molecular flexibility index (Phi) is 25.7. The Balaban J connectivity index is 3.64. The van der Waals surface area contributed by atoms with Crippen molar-refractivity contribution < 1.29 is 0 Å². The van der Waals surface area contributed by atoms with E-state index in [0.29, 0.717) is 99.2 Å². The lowest BCUT2D eigenvalue weighted by Gasteiger charge is -2.25. The molecule has 0 aliphatic rings. The summed E-state index contributed by atoms with van der Waals surface area (Å²) in [6.07, 6.45) is 24.5. The third-order valence-electron chi connectivity index (χ3n) is 10.1. The summed E-state index contributed by atoms with van der Waals surface area (Å²) in [6, 6.07) is 0. The molecule has 0 aliphatic carbocycles. The van der Waals surface area contributed by atoms with E-state index in [1.54, 1.807) is 0 Å². The van der Waals surface area contributed by atoms with Crippen molar-refractivity contribution in [2.45, 2.75) is 154 Å². The highest BCUT2D eigenvalue weighted by molar-refractivity contribution is 6.37. The highest BCUT2D eigenvalue weighted by Crippen LogP contribution is 2.31. The van der Waals surface area contributed by atoms with Gasteiger partial charge < -0.3 is 0 Å². The predicted molar refractivity (Wildman–Crippen MR) is 239 cm³/mol. The van der Waals surface area contributed by atoms with E-state index < -0.39 is 17.1 Å². The Labute approximate surface area is 337 Å². The molecule has 6 radical (unpaired) electrons. The molecule has 54 heavy (non-hydrogen) atoms. The number of allylic oxidation sites excluding steroid dienone is 6. The van der Waals surface area contributed by atoms with Gasteiger partial charge in [0.15, 0.2) is 0 Å². The molecule has 9 heteroatoms. The van der Waals surface area contributed by atoms with Gasteiger partial charge in [-0.05, 0) is 129 Å². The Morgan fingerprint density at radius 1 is 0.407 bits per heavy atom. The second-order valence-electron chi connectivity index (χ2n) is 16.6. The summed E-state index contributed by atoms with van der Waals surface area (Å²) in [5.41, 5.74) is -0.516. The average molecular weight is 790 g/mol. The molecule has 0 spiro atoms. The largest absolute Gasteiger partial charge is 0.335 e. The van der Waals surface area contributed by atoms with Gasteiger partial charge in [-0.2, -0.15) is 0 Å². The quantitative estimate of drug-likeness (QED) is 0.0526. The fourth-order valence-electron chi connectivity index (χ4n) is 7.92. The molecule has 300 valence electrons. The molecule has 0 saturated carbocycles. The lowest BCUT2D eigenvalue weighted by Crippen LogP contribution is -2.56. The van der Waals surface area contributed by atoms with Crippen LogP contribution in [0.4, 0.5) is 0 Å². The smallest absolute Gasteiger partial charge is 0.249 e. The monoisotopic (exact) mass is 790 g/mol. The Morgan fingerprint density at radius 2 is 0.630 bits per heavy atom. The van der Waals surface area contributed by atoms with Gasteiger partial charge in [0.1, 0.15) is 0 Å². The van der Waals surface area contributed by atoms with E-state index in [1.807, 2.05) is 36.5 Å². The summed E-state index contributed by atoms with van der Waals surface area (Å²) in [5.74, 6) is 3.21. The number of hydrogen-bond acceptors (Lipinski definition) is 3. The zero-order valence-corrected chi connectivity index (χ0v) is 38.1. The molecule has 0 bridgehead atoms. The van der Waals surface area contributed by atoms with Crippen molar-refractivity contribution in [3.63, 3.8) is 0 Å². The molecule has 0 N–H and O–H groups in total. The first-order valence-electron chi connectivity index (χ1n) is 20.5. The molecule has 0 amide bonds. The van der Waals surface area contributed by atoms with Gasteiger partial charge in [-0.3, -0.25) is 0 Å². The lowest BCUT2D eigenvalue weighted by molar-refractivity contribution is 0.379. The summed E-state index contributed by atoms with van der Waals surface area (Å²) in [6.45, 7) is 37.6. The van der Waals surface area contributed by atoms with Crippen molar-refractivity contribution >= 4 is 28.6 Å². The van der Waals surface area contributed by atoms with Crippen LogP contribution in [0.5, 0.6) is 0 Å². The van der Waals surface area contributed by atoms with Gasteiger partial charge in [-0.1, -0.05) is 78.0 Å². The van der Waals surface area contributed by atoms with Crippen LogP contribution in [0.15, 0.2) is 90.3 Å². The molecular weight excluding hydrogens is 715 g/mol. The maximum Gasteiger partial charge on any atom is 0.335 e. The van der Waals surface area contributed by atoms with E-state index in [2.05, 4.69) is 81.0 Å². The maximum absolute atomic E-state index is 14.2. The minimum absolute atomic E-state index is 0.300. The fraction of sp³-hybridized carbons (Fsp3) is 0.667. The molecule has 1 rings (SSSR count). The van der Waals surface area contributed by atoms with E-state index >= 15 is 0 Å². The SMILES string of the molecule is C=CCC(CC(C)C)CC(CC=C)[Si]Cn1c(=O)n(C[Si]C(CC=C)CC(CC=C)CC(C)C)c(=O)n(C[Si]C(CC=C)CC(CC=C)CC(C)C)c1=O. The molecule has 0 fully saturated rings. The van der Waals surface area contributed by atoms with Gasteiger partial charge in [0.05, 0.1) is 28.6 Å². The maximum atomic E-state index is 14.2. The summed E-state index contributed by atoms with van der Waals surface area (Å²) < 4.78 is 4.12. The van der Waals surface area contributed by atoms with Crippen LogP contribution in [0.3, 0.4) is 0 Å². The van der Waals surface area contributed by atoms with Crippen LogP contribution in [0, 0.1) is 35.5 Å². The van der Waals surface area contributed by atoms with E-state index in [9.17, 15) is 14.4 Å². The van der Waals surface area contributed by atoms with Crippen LogP contribution in [-0.2, 0) is 18.5 Å². The number of hydrogen-bond donors (Lipinski definition) is 0. The second-order valence-corrected chi connectivity index (χ2v) is 21.3. The Morgan fingerprint density at radius 3 is 0.815 bits per heavy atom. The van der Waals surface area contributed by atoms with Crippen LogP contribution in [0.25, 0.3) is 0 Å². The van der Waals surface area contributed by atoms with Crippen molar-refractivity contribution in [1.82, 2.24) is 13.7 Å². The second kappa shape index (κ2) is 28.0. The minimum atomic E-state index is -0.473. The van der Waals surface area contributed by atoms with Crippen molar-refractivity contribution in [3.8, 4) is 0 Å². The normalized spacial score (nSPS) is 15.1. The van der Waals surface area contributed by atoms with Crippen LogP contribution in [0.1, 0.15) is 119 Å². The summed E-state index contributed by atoms with van der Waals surface area (Å²) in [7, 11) is 1.06. The average Bonchev–Trinajstić information content (AvgIpc) is 3.07. The molecule has 1 aromatic heterocycles. The van der Waals surface area contributed by atoms with E-state index in [4.69, 9.17) is 0 Å². The standard InChI is InChI=1S/C45H75N3O3Si3/c1-13-19-37(25-34(7)8)28-40(22-16-4)52-31-46-43(49)47(32-53-41(23-17-5)29-38(20-14-2)26-35(9)10)45(51)48(44(46)50)33-54-42(24-18-6)30-39(21-15-3)27-36(11)12/h13-18,34-42H,1-6,19-33H2,7-12H3. The van der Waals surface area contributed by atoms with E-state index in [1.165, 1.54) is 13.7 Å². The predicted octanol–water partition coefficient (Wildman–Crippen LogP) is 10.1. The number of rotatable bonds is 33. The van der Waals surface area contributed by atoms with Crippen molar-refractivity contribution in [2.24, 2.45) is 35.5 Å². The summed E-state index contributed by atoms with van der Waals surface area (Å²) in [4.78, 5) is 42.7. The summed E-state index contributed by atoms with van der Waals surface area (Å²) in [5, 5.41) is 0. The molecule has 1 heterocycles. The van der Waals surface area contributed by atoms with Crippen LogP contribution < -0.4 is 17.1 Å². The molecule has 0 aliphatic heterocycles. The van der Waals surface area contributed by atoms with Gasteiger partial charge in [0, 0.05) is 18.5 Å². The first-order chi connectivity index (χ1) is 25.7. The van der Waals surface area contributed by atoms with Crippen LogP contribution >= 0.6 is 0 Å². The topological polar surface area (TPSA) is 66.0 Å². The zero-order valence-electron chi connectivity index (χ0n) is 35.1. The Bertz CT molecular complexity index is 1250. The van der Waals surface area contributed by atoms with Crippen LogP contribution in [-0.4, -0.2) is 42.3 Å². The fourth-order valence-corrected chi connectivity index (χ4v) is 12.6. The molecule has 6 unspecified atom stereocenters. The van der Waals surface area contributed by atoms with Gasteiger partial charge in [0.25, 0.3) is 0 Å². The van der Waals surface area contributed by atoms with Crippen molar-refractivity contribution in [1.29, 1.82) is 0 Å². The van der Waals surface area contributed by atoms with Gasteiger partial charge in [-0.25, -0.2) is 28.1 Å². The molecular formula is C45H75N3O3Si3. The molecule has 0 saturated heterocycles. The van der Waals surface area contributed by atoms with Gasteiger partial charge >= 0.3 is 17.1 Å². The molecule has 6 atom stereocenters. The van der Waals surface area contributed by atoms with Crippen LogP contribution in [0.2, 0.25) is 16.6 Å². The first kappa shape index (κ1) is 49.5. The van der Waals surface area contributed by atoms with Crippen molar-refractivity contribution in [3.05, 3.63) is 107 Å². The first-order valence-corrected chi connectivity index (χ1v) is 24.4. The summed E-state index contributed by atoms with van der Waals surface area (Å²) >= 11 is 0. The number of nitrogens with zero attached hydrogens (tertiary/aromatic N) is 3. The third-order valence-corrected chi connectivity index (χ3v) is 14.8.